The predicted molar refractivity (Wildman–Crippen MR) is 68.3 cm³/mol. The fourth-order valence-corrected chi connectivity index (χ4v) is 1.98. The standard InChI is InChI=1S/C14H19NO3/c1-11-4-5-13(12(2)10-11)17-9-6-14(16)15-7-3-8-18-15/h4-5,10H,3,6-9H2,1-2H3. The summed E-state index contributed by atoms with van der Waals surface area (Å²) >= 11 is 0. The van der Waals surface area contributed by atoms with Crippen LogP contribution in [0, 0.1) is 13.8 Å². The molecule has 18 heavy (non-hydrogen) atoms. The van der Waals surface area contributed by atoms with E-state index >= 15 is 0 Å². The topological polar surface area (TPSA) is 38.8 Å². The molecule has 0 spiro atoms. The summed E-state index contributed by atoms with van der Waals surface area (Å²) in [6.07, 6.45) is 1.27. The van der Waals surface area contributed by atoms with Crippen molar-refractivity contribution in [3.05, 3.63) is 29.3 Å². The van der Waals surface area contributed by atoms with E-state index in [4.69, 9.17) is 9.57 Å². The molecule has 1 heterocycles. The normalized spacial score (nSPS) is 14.9. The lowest BCUT2D eigenvalue weighted by Gasteiger charge is -2.14. The third kappa shape index (κ3) is 3.23. The zero-order chi connectivity index (χ0) is 13.0. The van der Waals surface area contributed by atoms with Gasteiger partial charge < -0.3 is 4.74 Å². The van der Waals surface area contributed by atoms with Crippen molar-refractivity contribution in [3.63, 3.8) is 0 Å². The number of carbonyl (C=O) groups excluding carboxylic acids is 1. The van der Waals surface area contributed by atoms with Gasteiger partial charge in [0.15, 0.2) is 0 Å². The lowest BCUT2D eigenvalue weighted by molar-refractivity contribution is -0.169. The van der Waals surface area contributed by atoms with Gasteiger partial charge in [0.1, 0.15) is 5.75 Å². The molecular weight excluding hydrogens is 230 g/mol. The molecular formula is C14H19NO3. The summed E-state index contributed by atoms with van der Waals surface area (Å²) in [5.41, 5.74) is 2.31. The maximum absolute atomic E-state index is 11.7. The smallest absolute Gasteiger partial charge is 0.249 e. The van der Waals surface area contributed by atoms with E-state index in [0.29, 0.717) is 26.2 Å². The molecule has 4 nitrogen and oxygen atoms in total. The number of amides is 1. The highest BCUT2D eigenvalue weighted by Gasteiger charge is 2.18. The van der Waals surface area contributed by atoms with Crippen LogP contribution in [0.15, 0.2) is 18.2 Å². The average Bonchev–Trinajstić information content (AvgIpc) is 2.85. The van der Waals surface area contributed by atoms with Crippen LogP contribution in [-0.2, 0) is 9.63 Å². The number of ether oxygens (including phenoxy) is 1. The molecule has 98 valence electrons. The van der Waals surface area contributed by atoms with Gasteiger partial charge in [0.2, 0.25) is 5.91 Å². The number of rotatable bonds is 4. The Bertz CT molecular complexity index is 425. The van der Waals surface area contributed by atoms with Gasteiger partial charge >= 0.3 is 0 Å². The van der Waals surface area contributed by atoms with Crippen LogP contribution in [0.3, 0.4) is 0 Å². The number of nitrogens with zero attached hydrogens (tertiary/aromatic N) is 1. The Morgan fingerprint density at radius 1 is 1.44 bits per heavy atom. The summed E-state index contributed by atoms with van der Waals surface area (Å²) in [5.74, 6) is 0.841. The van der Waals surface area contributed by atoms with Gasteiger partial charge in [-0.2, -0.15) is 0 Å². The molecule has 1 amide bonds. The van der Waals surface area contributed by atoms with E-state index in [2.05, 4.69) is 6.07 Å². The van der Waals surface area contributed by atoms with E-state index in [0.717, 1.165) is 17.7 Å². The number of hydrogen-bond donors (Lipinski definition) is 0. The first-order chi connectivity index (χ1) is 8.66. The Labute approximate surface area is 107 Å². The summed E-state index contributed by atoms with van der Waals surface area (Å²) in [5, 5.41) is 1.44. The highest BCUT2D eigenvalue weighted by molar-refractivity contribution is 5.75. The van der Waals surface area contributed by atoms with Crippen molar-refractivity contribution in [2.45, 2.75) is 26.7 Å². The monoisotopic (exact) mass is 249 g/mol. The Morgan fingerprint density at radius 2 is 2.28 bits per heavy atom. The van der Waals surface area contributed by atoms with Gasteiger partial charge in [-0.05, 0) is 31.9 Å². The fraction of sp³-hybridized carbons (Fsp3) is 0.500. The summed E-state index contributed by atoms with van der Waals surface area (Å²) in [6, 6.07) is 6.02. The molecule has 0 radical (unpaired) electrons. The van der Waals surface area contributed by atoms with Crippen LogP contribution in [0.5, 0.6) is 5.75 Å². The minimum atomic E-state index is -0.00253. The number of hydrogen-bond acceptors (Lipinski definition) is 3. The Balaban J connectivity index is 1.79. The van der Waals surface area contributed by atoms with Crippen molar-refractivity contribution in [2.24, 2.45) is 0 Å². The molecule has 1 fully saturated rings. The zero-order valence-corrected chi connectivity index (χ0v) is 10.9. The first kappa shape index (κ1) is 12.9. The van der Waals surface area contributed by atoms with Crippen LogP contribution in [0.1, 0.15) is 24.0 Å². The molecule has 0 unspecified atom stereocenters. The molecule has 2 rings (SSSR count). The summed E-state index contributed by atoms with van der Waals surface area (Å²) in [4.78, 5) is 16.9. The number of aryl methyl sites for hydroxylation is 2. The molecule has 0 atom stereocenters. The van der Waals surface area contributed by atoms with Crippen molar-refractivity contribution in [1.82, 2.24) is 5.06 Å². The van der Waals surface area contributed by atoms with Gasteiger partial charge in [-0.15, -0.1) is 0 Å². The zero-order valence-electron chi connectivity index (χ0n) is 10.9. The maximum Gasteiger partial charge on any atom is 0.249 e. The van der Waals surface area contributed by atoms with Crippen molar-refractivity contribution >= 4 is 5.91 Å². The first-order valence-corrected chi connectivity index (χ1v) is 6.30. The summed E-state index contributed by atoms with van der Waals surface area (Å²) < 4.78 is 5.62. The van der Waals surface area contributed by atoms with Gasteiger partial charge in [-0.25, -0.2) is 5.06 Å². The highest BCUT2D eigenvalue weighted by atomic mass is 16.7. The molecule has 1 aliphatic heterocycles. The van der Waals surface area contributed by atoms with Crippen molar-refractivity contribution in [2.75, 3.05) is 19.8 Å². The van der Waals surface area contributed by atoms with E-state index in [9.17, 15) is 4.79 Å². The van der Waals surface area contributed by atoms with Crippen LogP contribution in [0.2, 0.25) is 0 Å². The van der Waals surface area contributed by atoms with Crippen molar-refractivity contribution in [1.29, 1.82) is 0 Å². The second-order valence-corrected chi connectivity index (χ2v) is 4.55. The maximum atomic E-state index is 11.7. The lowest BCUT2D eigenvalue weighted by Crippen LogP contribution is -2.27. The van der Waals surface area contributed by atoms with Gasteiger partial charge in [0.05, 0.1) is 26.2 Å². The second kappa shape index (κ2) is 5.87. The number of benzene rings is 1. The summed E-state index contributed by atoms with van der Waals surface area (Å²) in [7, 11) is 0. The Morgan fingerprint density at radius 3 is 2.94 bits per heavy atom. The van der Waals surface area contributed by atoms with Crippen LogP contribution >= 0.6 is 0 Å². The van der Waals surface area contributed by atoms with Crippen LogP contribution in [0.25, 0.3) is 0 Å². The molecule has 0 N–H and O–H groups in total. The van der Waals surface area contributed by atoms with E-state index < -0.39 is 0 Å². The van der Waals surface area contributed by atoms with Gasteiger partial charge in [-0.1, -0.05) is 17.7 Å². The number of carbonyl (C=O) groups is 1. The van der Waals surface area contributed by atoms with Gasteiger partial charge in [0.25, 0.3) is 0 Å². The third-order valence-corrected chi connectivity index (χ3v) is 2.93. The molecule has 0 aliphatic carbocycles. The van der Waals surface area contributed by atoms with E-state index in [-0.39, 0.29) is 5.91 Å². The molecule has 0 aromatic heterocycles. The van der Waals surface area contributed by atoms with E-state index in [1.165, 1.54) is 10.6 Å². The third-order valence-electron chi connectivity index (χ3n) is 2.93. The fourth-order valence-electron chi connectivity index (χ4n) is 1.98. The van der Waals surface area contributed by atoms with Crippen LogP contribution < -0.4 is 4.74 Å². The SMILES string of the molecule is Cc1ccc(OCCC(=O)N2CCCO2)c(C)c1. The lowest BCUT2D eigenvalue weighted by atomic mass is 10.1. The Hall–Kier alpha value is -1.55. The minimum absolute atomic E-state index is 0.00253. The molecule has 0 bridgehead atoms. The summed E-state index contributed by atoms with van der Waals surface area (Å²) in [6.45, 7) is 5.79. The average molecular weight is 249 g/mol. The Kier molecular flexibility index (Phi) is 4.20. The first-order valence-electron chi connectivity index (χ1n) is 6.30. The van der Waals surface area contributed by atoms with Crippen molar-refractivity contribution < 1.29 is 14.4 Å². The van der Waals surface area contributed by atoms with E-state index in [1.807, 2.05) is 26.0 Å². The minimum Gasteiger partial charge on any atom is -0.493 e. The predicted octanol–water partition coefficient (Wildman–Crippen LogP) is 2.24. The number of hydroxylamine groups is 2. The molecule has 0 saturated carbocycles. The molecule has 1 aromatic carbocycles. The highest BCUT2D eigenvalue weighted by Crippen LogP contribution is 2.19. The van der Waals surface area contributed by atoms with E-state index in [1.54, 1.807) is 0 Å². The second-order valence-electron chi connectivity index (χ2n) is 4.55. The molecule has 4 heteroatoms. The van der Waals surface area contributed by atoms with Gasteiger partial charge in [0, 0.05) is 0 Å². The molecule has 1 saturated heterocycles. The van der Waals surface area contributed by atoms with Gasteiger partial charge in [-0.3, -0.25) is 9.63 Å². The quantitative estimate of drug-likeness (QED) is 0.821. The van der Waals surface area contributed by atoms with Crippen molar-refractivity contribution in [3.8, 4) is 5.75 Å². The van der Waals surface area contributed by atoms with Crippen LogP contribution in [-0.4, -0.2) is 30.7 Å². The molecule has 1 aromatic rings. The van der Waals surface area contributed by atoms with Crippen LogP contribution in [0.4, 0.5) is 0 Å². The molecule has 1 aliphatic rings. The largest absolute Gasteiger partial charge is 0.493 e.